The molecule has 0 saturated heterocycles. The van der Waals surface area contributed by atoms with Crippen LogP contribution < -0.4 is 16.0 Å². The minimum Gasteiger partial charge on any atom is -0.330 e. The van der Waals surface area contributed by atoms with Crippen molar-refractivity contribution in [3.05, 3.63) is 54.1 Å². The molecule has 11 heteroatoms. The number of carbonyl (C=O) groups is 2. The van der Waals surface area contributed by atoms with Crippen LogP contribution in [0.25, 0.3) is 0 Å². The Morgan fingerprint density at radius 1 is 1.00 bits per heavy atom. The van der Waals surface area contributed by atoms with E-state index in [0.717, 1.165) is 35.6 Å². The molecule has 0 aliphatic rings. The standard InChI is InChI=1S/C18H15F2N5O2S2/c1-10(26)21-13-3-2-4-14(8-13)23-17-24-25-18(29-17)28-9-16(27)22-15-6-11(19)5-12(20)7-15/h2-8H,9H2,1H3,(H,21,26)(H,22,27)(H,23,24). The van der Waals surface area contributed by atoms with Crippen LogP contribution in [0.3, 0.4) is 0 Å². The van der Waals surface area contributed by atoms with Crippen molar-refractivity contribution in [2.45, 2.75) is 11.3 Å². The van der Waals surface area contributed by atoms with Crippen LogP contribution in [0.1, 0.15) is 6.92 Å². The van der Waals surface area contributed by atoms with E-state index in [0.29, 0.717) is 15.2 Å². The normalized spacial score (nSPS) is 10.4. The Morgan fingerprint density at radius 2 is 1.72 bits per heavy atom. The molecule has 3 N–H and O–H groups in total. The first-order valence-corrected chi connectivity index (χ1v) is 10.0. The summed E-state index contributed by atoms with van der Waals surface area (Å²) in [7, 11) is 0. The van der Waals surface area contributed by atoms with Crippen LogP contribution in [-0.4, -0.2) is 27.8 Å². The zero-order chi connectivity index (χ0) is 20.8. The molecular formula is C18H15F2N5O2S2. The first-order valence-electron chi connectivity index (χ1n) is 8.24. The van der Waals surface area contributed by atoms with E-state index in [1.54, 1.807) is 18.2 Å². The van der Waals surface area contributed by atoms with Crippen LogP contribution >= 0.6 is 23.1 Å². The summed E-state index contributed by atoms with van der Waals surface area (Å²) in [5.41, 5.74) is 1.41. The topological polar surface area (TPSA) is 96.0 Å². The monoisotopic (exact) mass is 435 g/mol. The van der Waals surface area contributed by atoms with Crippen molar-refractivity contribution in [2.24, 2.45) is 0 Å². The van der Waals surface area contributed by atoms with Crippen LogP contribution in [0.4, 0.5) is 31.0 Å². The molecule has 150 valence electrons. The molecule has 1 heterocycles. The zero-order valence-corrected chi connectivity index (χ0v) is 16.7. The number of thioether (sulfide) groups is 1. The molecule has 29 heavy (non-hydrogen) atoms. The fraction of sp³-hybridized carbons (Fsp3) is 0.111. The number of hydrogen-bond acceptors (Lipinski definition) is 7. The van der Waals surface area contributed by atoms with Crippen molar-refractivity contribution < 1.29 is 18.4 Å². The summed E-state index contributed by atoms with van der Waals surface area (Å²) in [5.74, 6) is -2.13. The van der Waals surface area contributed by atoms with Gasteiger partial charge in [0, 0.05) is 30.1 Å². The molecular weight excluding hydrogens is 420 g/mol. The fourth-order valence-electron chi connectivity index (χ4n) is 2.27. The van der Waals surface area contributed by atoms with Crippen molar-refractivity contribution >= 4 is 57.1 Å². The average Bonchev–Trinajstić information content (AvgIpc) is 3.06. The fourth-order valence-corrected chi connectivity index (χ4v) is 3.84. The number of rotatable bonds is 7. The molecule has 0 saturated carbocycles. The average molecular weight is 435 g/mol. The highest BCUT2D eigenvalue weighted by molar-refractivity contribution is 8.01. The quantitative estimate of drug-likeness (QED) is 0.480. The largest absolute Gasteiger partial charge is 0.330 e. The Morgan fingerprint density at radius 3 is 2.45 bits per heavy atom. The second kappa shape index (κ2) is 9.43. The summed E-state index contributed by atoms with van der Waals surface area (Å²) in [5, 5.41) is 16.7. The van der Waals surface area contributed by atoms with Gasteiger partial charge in [-0.1, -0.05) is 29.2 Å². The molecule has 1 aromatic heterocycles. The molecule has 2 amide bonds. The highest BCUT2D eigenvalue weighted by atomic mass is 32.2. The molecule has 3 aromatic rings. The zero-order valence-electron chi connectivity index (χ0n) is 15.0. The van der Waals surface area contributed by atoms with Crippen molar-refractivity contribution in [2.75, 3.05) is 21.7 Å². The first kappa shape index (κ1) is 20.7. The molecule has 7 nitrogen and oxygen atoms in total. The molecule has 3 rings (SSSR count). The Balaban J connectivity index is 1.53. The highest BCUT2D eigenvalue weighted by Crippen LogP contribution is 2.28. The predicted molar refractivity (Wildman–Crippen MR) is 110 cm³/mol. The molecule has 0 atom stereocenters. The number of nitrogens with one attached hydrogen (secondary N) is 3. The summed E-state index contributed by atoms with van der Waals surface area (Å²) in [6.45, 7) is 1.43. The lowest BCUT2D eigenvalue weighted by Crippen LogP contribution is -2.14. The Hall–Kier alpha value is -3.05. The van der Waals surface area contributed by atoms with E-state index in [2.05, 4.69) is 26.1 Å². The van der Waals surface area contributed by atoms with E-state index in [9.17, 15) is 18.4 Å². The van der Waals surface area contributed by atoms with E-state index >= 15 is 0 Å². The minimum absolute atomic E-state index is 0.00474. The number of anilines is 4. The summed E-state index contributed by atoms with van der Waals surface area (Å²) in [6, 6.07) is 9.90. The van der Waals surface area contributed by atoms with Gasteiger partial charge < -0.3 is 16.0 Å². The highest BCUT2D eigenvalue weighted by Gasteiger charge is 2.10. The van der Waals surface area contributed by atoms with Gasteiger partial charge in [0.25, 0.3) is 0 Å². The maximum atomic E-state index is 13.2. The molecule has 0 spiro atoms. The lowest BCUT2D eigenvalue weighted by Gasteiger charge is -2.05. The Kier molecular flexibility index (Phi) is 6.73. The van der Waals surface area contributed by atoms with Crippen molar-refractivity contribution in [1.29, 1.82) is 0 Å². The van der Waals surface area contributed by atoms with Gasteiger partial charge in [0.15, 0.2) is 4.34 Å². The summed E-state index contributed by atoms with van der Waals surface area (Å²) < 4.78 is 26.9. The molecule has 0 radical (unpaired) electrons. The molecule has 0 bridgehead atoms. The second-order valence-electron chi connectivity index (χ2n) is 5.76. The Labute approximate surface area is 172 Å². The summed E-state index contributed by atoms with van der Waals surface area (Å²) in [6.07, 6.45) is 0. The number of benzene rings is 2. The lowest BCUT2D eigenvalue weighted by molar-refractivity contribution is -0.114. The minimum atomic E-state index is -0.768. The third-order valence-electron chi connectivity index (χ3n) is 3.31. The van der Waals surface area contributed by atoms with Crippen LogP contribution in [0.2, 0.25) is 0 Å². The number of nitrogens with zero attached hydrogens (tertiary/aromatic N) is 2. The summed E-state index contributed by atoms with van der Waals surface area (Å²) >= 11 is 2.39. The summed E-state index contributed by atoms with van der Waals surface area (Å²) in [4.78, 5) is 23.1. The number of hydrogen-bond donors (Lipinski definition) is 3. The van der Waals surface area contributed by atoms with Gasteiger partial charge in [-0.05, 0) is 30.3 Å². The molecule has 0 fully saturated rings. The molecule has 0 aliphatic heterocycles. The smallest absolute Gasteiger partial charge is 0.234 e. The molecule has 0 unspecified atom stereocenters. The number of halogens is 2. The van der Waals surface area contributed by atoms with Gasteiger partial charge in [0.05, 0.1) is 5.75 Å². The first-order chi connectivity index (χ1) is 13.9. The van der Waals surface area contributed by atoms with Gasteiger partial charge in [0.2, 0.25) is 16.9 Å². The lowest BCUT2D eigenvalue weighted by atomic mass is 10.3. The van der Waals surface area contributed by atoms with E-state index in [4.69, 9.17) is 0 Å². The van der Waals surface area contributed by atoms with E-state index < -0.39 is 17.5 Å². The van der Waals surface area contributed by atoms with Crippen molar-refractivity contribution in [1.82, 2.24) is 10.2 Å². The van der Waals surface area contributed by atoms with Crippen molar-refractivity contribution in [3.63, 3.8) is 0 Å². The van der Waals surface area contributed by atoms with Crippen LogP contribution in [0.15, 0.2) is 46.8 Å². The number of aromatic nitrogens is 2. The van der Waals surface area contributed by atoms with Crippen molar-refractivity contribution in [3.8, 4) is 0 Å². The van der Waals surface area contributed by atoms with Gasteiger partial charge >= 0.3 is 0 Å². The van der Waals surface area contributed by atoms with E-state index in [1.807, 2.05) is 6.07 Å². The molecule has 2 aromatic carbocycles. The van der Waals surface area contributed by atoms with Gasteiger partial charge in [0.1, 0.15) is 11.6 Å². The maximum absolute atomic E-state index is 13.2. The third-order valence-corrected chi connectivity index (χ3v) is 5.29. The number of amides is 2. The maximum Gasteiger partial charge on any atom is 0.234 e. The third kappa shape index (κ3) is 6.50. The molecule has 0 aliphatic carbocycles. The van der Waals surface area contributed by atoms with Crippen LogP contribution in [0.5, 0.6) is 0 Å². The van der Waals surface area contributed by atoms with Gasteiger partial charge in [-0.3, -0.25) is 9.59 Å². The predicted octanol–water partition coefficient (Wildman–Crippen LogP) is 4.25. The van der Waals surface area contributed by atoms with Gasteiger partial charge in [-0.25, -0.2) is 8.78 Å². The second-order valence-corrected chi connectivity index (χ2v) is 7.96. The van der Waals surface area contributed by atoms with E-state index in [-0.39, 0.29) is 17.3 Å². The van der Waals surface area contributed by atoms with E-state index in [1.165, 1.54) is 18.3 Å². The SMILES string of the molecule is CC(=O)Nc1cccc(Nc2nnc(SCC(=O)Nc3cc(F)cc(F)c3)s2)c1. The Bertz CT molecular complexity index is 1020. The van der Waals surface area contributed by atoms with Crippen LogP contribution in [0, 0.1) is 11.6 Å². The number of carbonyl (C=O) groups excluding carboxylic acids is 2. The van der Waals surface area contributed by atoms with Crippen LogP contribution in [-0.2, 0) is 9.59 Å². The van der Waals surface area contributed by atoms with Gasteiger partial charge in [-0.15, -0.1) is 10.2 Å². The van der Waals surface area contributed by atoms with Gasteiger partial charge in [-0.2, -0.15) is 0 Å².